The highest BCUT2D eigenvalue weighted by atomic mass is 16.5. The van der Waals surface area contributed by atoms with Crippen LogP contribution in [-0.4, -0.2) is 28.0 Å². The maximum absolute atomic E-state index is 5.46. The molecule has 3 rings (SSSR count). The Morgan fingerprint density at radius 2 is 2.31 bits per heavy atom. The number of ether oxygens (including phenoxy) is 1. The van der Waals surface area contributed by atoms with Crippen molar-refractivity contribution < 1.29 is 13.8 Å². The lowest BCUT2D eigenvalue weighted by Crippen LogP contribution is -1.98. The van der Waals surface area contributed by atoms with Gasteiger partial charge in [0.2, 0.25) is 11.7 Å². The van der Waals surface area contributed by atoms with Crippen LogP contribution in [-0.2, 0) is 4.74 Å². The molecular weight excluding hydrogens is 210 g/mol. The van der Waals surface area contributed by atoms with Crippen molar-refractivity contribution in [3.8, 4) is 11.5 Å². The van der Waals surface area contributed by atoms with Crippen molar-refractivity contribution in [2.75, 3.05) is 6.61 Å². The van der Waals surface area contributed by atoms with Gasteiger partial charge in [-0.1, -0.05) is 10.3 Å². The van der Waals surface area contributed by atoms with E-state index in [0.29, 0.717) is 24.0 Å². The Morgan fingerprint density at radius 3 is 3.00 bits per heavy atom. The van der Waals surface area contributed by atoms with Crippen LogP contribution in [0.1, 0.15) is 25.2 Å². The molecule has 0 aromatic carbocycles. The maximum atomic E-state index is 5.46. The summed E-state index contributed by atoms with van der Waals surface area (Å²) in [5.41, 5.74) is 0.585. The van der Waals surface area contributed by atoms with Crippen LogP contribution in [0.4, 0.5) is 0 Å². The van der Waals surface area contributed by atoms with E-state index in [1.54, 1.807) is 6.07 Å². The van der Waals surface area contributed by atoms with Crippen LogP contribution in [0, 0.1) is 0 Å². The molecule has 84 valence electrons. The third kappa shape index (κ3) is 1.61. The molecule has 1 aliphatic rings. The first-order chi connectivity index (χ1) is 7.83. The molecule has 2 atom stereocenters. The first-order valence-electron chi connectivity index (χ1n) is 5.19. The molecule has 0 radical (unpaired) electrons. The summed E-state index contributed by atoms with van der Waals surface area (Å²) in [6, 6.07) is 1.70. The fraction of sp³-hybridized carbons (Fsp3) is 0.500. The third-order valence-electron chi connectivity index (χ3n) is 2.66. The zero-order valence-corrected chi connectivity index (χ0v) is 8.79. The molecule has 2 unspecified atom stereocenters. The molecule has 1 aliphatic heterocycles. The Hall–Kier alpha value is -1.69. The lowest BCUT2D eigenvalue weighted by atomic mass is 10.1. The van der Waals surface area contributed by atoms with E-state index < -0.39 is 0 Å². The molecule has 0 saturated carbocycles. The first kappa shape index (κ1) is 9.53. The van der Waals surface area contributed by atoms with Crippen LogP contribution in [0.3, 0.4) is 0 Å². The predicted octanol–water partition coefficient (Wildman–Crippen LogP) is 1.62. The average Bonchev–Trinajstić information content (AvgIpc) is 2.97. The topological polar surface area (TPSA) is 74.2 Å². The van der Waals surface area contributed by atoms with Crippen molar-refractivity contribution in [3.05, 3.63) is 18.2 Å². The number of hydrogen-bond acceptors (Lipinski definition) is 6. The van der Waals surface area contributed by atoms with E-state index in [1.807, 2.05) is 6.92 Å². The van der Waals surface area contributed by atoms with Crippen LogP contribution in [0.25, 0.3) is 11.5 Å². The van der Waals surface area contributed by atoms with E-state index in [9.17, 15) is 0 Å². The number of nitrogens with zero attached hydrogens (tertiary/aromatic N) is 3. The van der Waals surface area contributed by atoms with Gasteiger partial charge in [0.1, 0.15) is 6.26 Å². The Bertz CT molecular complexity index is 465. The van der Waals surface area contributed by atoms with Crippen LogP contribution >= 0.6 is 0 Å². The van der Waals surface area contributed by atoms with E-state index in [4.69, 9.17) is 13.8 Å². The highest BCUT2D eigenvalue weighted by molar-refractivity contribution is 5.45. The Kier molecular flexibility index (Phi) is 2.21. The zero-order chi connectivity index (χ0) is 11.0. The summed E-state index contributed by atoms with van der Waals surface area (Å²) in [5, 5.41) is 7.61. The van der Waals surface area contributed by atoms with Gasteiger partial charge >= 0.3 is 0 Å². The van der Waals surface area contributed by atoms with Crippen molar-refractivity contribution in [3.63, 3.8) is 0 Å². The average molecular weight is 221 g/mol. The minimum atomic E-state index is 0.197. The largest absolute Gasteiger partial charge is 0.378 e. The summed E-state index contributed by atoms with van der Waals surface area (Å²) >= 11 is 0. The zero-order valence-electron chi connectivity index (χ0n) is 8.79. The monoisotopic (exact) mass is 221 g/mol. The molecule has 3 heterocycles. The summed E-state index contributed by atoms with van der Waals surface area (Å²) in [6.45, 7) is 2.68. The van der Waals surface area contributed by atoms with Gasteiger partial charge in [-0.2, -0.15) is 4.98 Å². The molecule has 0 N–H and O–H groups in total. The number of rotatable bonds is 2. The van der Waals surface area contributed by atoms with Gasteiger partial charge in [0.05, 0.1) is 18.6 Å². The molecular formula is C10H11N3O3. The van der Waals surface area contributed by atoms with E-state index in [0.717, 1.165) is 6.42 Å². The molecule has 6 nitrogen and oxygen atoms in total. The lowest BCUT2D eigenvalue weighted by Gasteiger charge is -1.98. The van der Waals surface area contributed by atoms with Gasteiger partial charge in [-0.15, -0.1) is 0 Å². The van der Waals surface area contributed by atoms with E-state index in [1.165, 1.54) is 6.26 Å². The summed E-state index contributed by atoms with van der Waals surface area (Å²) in [6.07, 6.45) is 2.65. The van der Waals surface area contributed by atoms with Crippen LogP contribution in [0.15, 0.2) is 21.4 Å². The summed E-state index contributed by atoms with van der Waals surface area (Å²) in [7, 11) is 0. The van der Waals surface area contributed by atoms with Gasteiger partial charge in [0.15, 0.2) is 5.69 Å². The Morgan fingerprint density at radius 1 is 1.38 bits per heavy atom. The van der Waals surface area contributed by atoms with Crippen LogP contribution in [0.5, 0.6) is 0 Å². The quantitative estimate of drug-likeness (QED) is 0.767. The lowest BCUT2D eigenvalue weighted by molar-refractivity contribution is 0.122. The summed E-state index contributed by atoms with van der Waals surface area (Å²) < 4.78 is 15.4. The second kappa shape index (κ2) is 3.71. The molecule has 6 heteroatoms. The summed E-state index contributed by atoms with van der Waals surface area (Å²) in [4.78, 5) is 4.29. The Balaban J connectivity index is 1.83. The molecule has 2 aromatic heterocycles. The third-order valence-corrected chi connectivity index (χ3v) is 2.66. The van der Waals surface area contributed by atoms with Gasteiger partial charge < -0.3 is 13.8 Å². The molecule has 1 saturated heterocycles. The Labute approximate surface area is 91.6 Å². The predicted molar refractivity (Wildman–Crippen MR) is 52.6 cm³/mol. The molecule has 0 bridgehead atoms. The fourth-order valence-corrected chi connectivity index (χ4v) is 1.82. The standard InChI is InChI=1S/C10H11N3O3/c1-6-4-7(5-14-6)10-11-9(13-16-10)8-2-3-15-12-8/h2-3,6-7H,4-5H2,1H3. The van der Waals surface area contributed by atoms with Crippen LogP contribution in [0.2, 0.25) is 0 Å². The second-order valence-corrected chi connectivity index (χ2v) is 3.92. The molecule has 2 aromatic rings. The van der Waals surface area contributed by atoms with Crippen LogP contribution < -0.4 is 0 Å². The molecule has 0 amide bonds. The van der Waals surface area contributed by atoms with Gasteiger partial charge in [0.25, 0.3) is 0 Å². The van der Waals surface area contributed by atoms with Crippen molar-refractivity contribution in [2.45, 2.75) is 25.4 Å². The van der Waals surface area contributed by atoms with E-state index >= 15 is 0 Å². The molecule has 16 heavy (non-hydrogen) atoms. The van der Waals surface area contributed by atoms with Gasteiger partial charge in [-0.05, 0) is 13.3 Å². The second-order valence-electron chi connectivity index (χ2n) is 3.92. The summed E-state index contributed by atoms with van der Waals surface area (Å²) in [5.74, 6) is 1.27. The maximum Gasteiger partial charge on any atom is 0.232 e. The molecule has 1 fully saturated rings. The number of hydrogen-bond donors (Lipinski definition) is 0. The van der Waals surface area contributed by atoms with Crippen molar-refractivity contribution in [1.82, 2.24) is 15.3 Å². The van der Waals surface area contributed by atoms with Gasteiger partial charge in [-0.25, -0.2) is 0 Å². The van der Waals surface area contributed by atoms with Crippen molar-refractivity contribution in [2.24, 2.45) is 0 Å². The van der Waals surface area contributed by atoms with Gasteiger partial charge in [-0.3, -0.25) is 0 Å². The number of aromatic nitrogens is 3. The van der Waals surface area contributed by atoms with E-state index in [-0.39, 0.29) is 12.0 Å². The van der Waals surface area contributed by atoms with E-state index in [2.05, 4.69) is 15.3 Å². The van der Waals surface area contributed by atoms with Crippen molar-refractivity contribution >= 4 is 0 Å². The SMILES string of the molecule is CC1CC(c2nc(-c3ccon3)no2)CO1. The van der Waals surface area contributed by atoms with Gasteiger partial charge in [0, 0.05) is 6.07 Å². The van der Waals surface area contributed by atoms with Crippen molar-refractivity contribution in [1.29, 1.82) is 0 Å². The smallest absolute Gasteiger partial charge is 0.232 e. The molecule has 0 spiro atoms. The first-order valence-corrected chi connectivity index (χ1v) is 5.19. The molecule has 0 aliphatic carbocycles. The fourth-order valence-electron chi connectivity index (χ4n) is 1.82. The normalized spacial score (nSPS) is 25.1. The minimum Gasteiger partial charge on any atom is -0.378 e. The highest BCUT2D eigenvalue weighted by Crippen LogP contribution is 2.28. The highest BCUT2D eigenvalue weighted by Gasteiger charge is 2.28. The minimum absolute atomic E-state index is 0.197.